The third kappa shape index (κ3) is 3.92. The number of rotatable bonds is 5. The molecule has 0 radical (unpaired) electrons. The van der Waals surface area contributed by atoms with Gasteiger partial charge in [-0.2, -0.15) is 0 Å². The molecule has 0 bridgehead atoms. The van der Waals surface area contributed by atoms with E-state index in [1.165, 1.54) is 0 Å². The molecule has 4 heteroatoms. The fraction of sp³-hybridized carbons (Fsp3) is 1.00. The Balaban J connectivity index is 2.14. The second-order valence-electron chi connectivity index (χ2n) is 4.14. The van der Waals surface area contributed by atoms with Crippen molar-refractivity contribution < 1.29 is 19.3 Å². The lowest BCUT2D eigenvalue weighted by Gasteiger charge is -2.17. The van der Waals surface area contributed by atoms with Crippen LogP contribution in [0.25, 0.3) is 0 Å². The topological polar surface area (TPSA) is 47.9 Å². The van der Waals surface area contributed by atoms with E-state index < -0.39 is 11.9 Å². The Morgan fingerprint density at radius 2 is 2.29 bits per heavy atom. The first-order valence-electron chi connectivity index (χ1n) is 5.02. The van der Waals surface area contributed by atoms with Crippen molar-refractivity contribution in [3.05, 3.63) is 0 Å². The van der Waals surface area contributed by atoms with Crippen LogP contribution in [0, 0.1) is 0 Å². The highest BCUT2D eigenvalue weighted by molar-refractivity contribution is 4.72. The molecule has 0 aromatic rings. The zero-order chi connectivity index (χ0) is 10.6. The maximum Gasteiger partial charge on any atom is 0.163 e. The maximum atomic E-state index is 9.42. The molecule has 1 rings (SSSR count). The number of methoxy groups -OCH3 is 1. The summed E-state index contributed by atoms with van der Waals surface area (Å²) in [4.78, 5) is 0. The van der Waals surface area contributed by atoms with E-state index in [9.17, 15) is 5.11 Å². The molecular weight excluding hydrogens is 184 g/mol. The summed E-state index contributed by atoms with van der Waals surface area (Å²) in [5.41, 5.74) is 0. The molecule has 2 atom stereocenters. The molecule has 0 aliphatic carbocycles. The molecule has 0 aromatic heterocycles. The lowest BCUT2D eigenvalue weighted by atomic mass is 10.1. The van der Waals surface area contributed by atoms with Gasteiger partial charge in [-0.05, 0) is 26.7 Å². The Hall–Kier alpha value is -0.160. The summed E-state index contributed by atoms with van der Waals surface area (Å²) < 4.78 is 15.9. The van der Waals surface area contributed by atoms with E-state index in [4.69, 9.17) is 14.2 Å². The molecule has 1 unspecified atom stereocenters. The van der Waals surface area contributed by atoms with E-state index in [2.05, 4.69) is 0 Å². The van der Waals surface area contributed by atoms with Gasteiger partial charge in [-0.25, -0.2) is 0 Å². The molecule has 4 nitrogen and oxygen atoms in total. The third-order valence-corrected chi connectivity index (χ3v) is 2.25. The van der Waals surface area contributed by atoms with Crippen LogP contribution in [-0.4, -0.2) is 43.4 Å². The molecule has 1 aliphatic heterocycles. The minimum absolute atomic E-state index is 0.108. The van der Waals surface area contributed by atoms with Gasteiger partial charge in [0.2, 0.25) is 0 Å². The van der Waals surface area contributed by atoms with Crippen LogP contribution in [-0.2, 0) is 14.2 Å². The Morgan fingerprint density at radius 3 is 2.79 bits per heavy atom. The predicted molar refractivity (Wildman–Crippen MR) is 52.0 cm³/mol. The second kappa shape index (κ2) is 5.07. The average Bonchev–Trinajstić information content (AvgIpc) is 2.43. The van der Waals surface area contributed by atoms with Gasteiger partial charge in [0.1, 0.15) is 0 Å². The minimum Gasteiger partial charge on any atom is -0.391 e. The molecule has 1 saturated heterocycles. The molecule has 1 N–H and O–H groups in total. The quantitative estimate of drug-likeness (QED) is 0.723. The smallest absolute Gasteiger partial charge is 0.163 e. The van der Waals surface area contributed by atoms with Crippen molar-refractivity contribution >= 4 is 0 Å². The van der Waals surface area contributed by atoms with Crippen LogP contribution in [0.1, 0.15) is 26.7 Å². The highest BCUT2D eigenvalue weighted by Gasteiger charge is 2.32. The van der Waals surface area contributed by atoms with Crippen molar-refractivity contribution in [1.82, 2.24) is 0 Å². The first kappa shape index (κ1) is 11.9. The normalized spacial score (nSPS) is 27.9. The van der Waals surface area contributed by atoms with Crippen LogP contribution in [0.4, 0.5) is 0 Å². The summed E-state index contributed by atoms with van der Waals surface area (Å²) in [5, 5.41) is 9.42. The van der Waals surface area contributed by atoms with Crippen molar-refractivity contribution in [3.63, 3.8) is 0 Å². The largest absolute Gasteiger partial charge is 0.391 e. The van der Waals surface area contributed by atoms with Gasteiger partial charge in [0.15, 0.2) is 5.79 Å². The molecule has 0 spiro atoms. The van der Waals surface area contributed by atoms with Crippen LogP contribution in [0.5, 0.6) is 0 Å². The number of ether oxygens (including phenoxy) is 3. The highest BCUT2D eigenvalue weighted by atomic mass is 16.7. The van der Waals surface area contributed by atoms with E-state index in [0.717, 1.165) is 6.42 Å². The first-order chi connectivity index (χ1) is 6.53. The summed E-state index contributed by atoms with van der Waals surface area (Å²) in [6.45, 7) is 4.81. The van der Waals surface area contributed by atoms with Crippen molar-refractivity contribution in [2.75, 3.05) is 20.3 Å². The fourth-order valence-corrected chi connectivity index (χ4v) is 1.56. The van der Waals surface area contributed by atoms with Gasteiger partial charge in [-0.3, -0.25) is 0 Å². The van der Waals surface area contributed by atoms with E-state index in [1.54, 1.807) is 7.11 Å². The van der Waals surface area contributed by atoms with Crippen LogP contribution in [0.2, 0.25) is 0 Å². The van der Waals surface area contributed by atoms with Crippen LogP contribution in [0.15, 0.2) is 0 Å². The Labute approximate surface area is 85.2 Å². The average molecular weight is 204 g/mol. The zero-order valence-corrected chi connectivity index (χ0v) is 9.16. The molecular formula is C10H20O4. The number of aliphatic hydroxyl groups excluding tert-OH is 1. The molecule has 1 aliphatic rings. The summed E-state index contributed by atoms with van der Waals surface area (Å²) in [5.74, 6) is -0.461. The van der Waals surface area contributed by atoms with Crippen molar-refractivity contribution in [2.24, 2.45) is 0 Å². The van der Waals surface area contributed by atoms with Gasteiger partial charge in [-0.15, -0.1) is 0 Å². The maximum absolute atomic E-state index is 9.42. The zero-order valence-electron chi connectivity index (χ0n) is 9.16. The van der Waals surface area contributed by atoms with Gasteiger partial charge >= 0.3 is 0 Å². The van der Waals surface area contributed by atoms with Crippen LogP contribution in [0.3, 0.4) is 0 Å². The summed E-state index contributed by atoms with van der Waals surface area (Å²) in [6, 6.07) is 0. The van der Waals surface area contributed by atoms with E-state index in [-0.39, 0.29) is 6.10 Å². The van der Waals surface area contributed by atoms with Gasteiger partial charge in [-0.1, -0.05) is 0 Å². The standard InChI is InChI=1S/C10H20O4/c1-10(2)13-7-9(14-10)5-4-8(11)6-12-3/h8-9,11H,4-7H2,1-3H3/t8?,9-/m0/s1. The first-order valence-corrected chi connectivity index (χ1v) is 5.02. The number of hydrogen-bond acceptors (Lipinski definition) is 4. The van der Waals surface area contributed by atoms with E-state index in [1.807, 2.05) is 13.8 Å². The lowest BCUT2D eigenvalue weighted by molar-refractivity contribution is -0.139. The molecule has 1 heterocycles. The van der Waals surface area contributed by atoms with Gasteiger partial charge in [0.05, 0.1) is 25.4 Å². The van der Waals surface area contributed by atoms with Crippen molar-refractivity contribution in [3.8, 4) is 0 Å². The van der Waals surface area contributed by atoms with E-state index in [0.29, 0.717) is 19.6 Å². The SMILES string of the molecule is COCC(O)CC[C@H]1COC(C)(C)O1. The fourth-order valence-electron chi connectivity index (χ4n) is 1.56. The molecule has 14 heavy (non-hydrogen) atoms. The van der Waals surface area contributed by atoms with Crippen LogP contribution < -0.4 is 0 Å². The molecule has 0 saturated carbocycles. The summed E-state index contributed by atoms with van der Waals surface area (Å²) >= 11 is 0. The molecule has 0 aromatic carbocycles. The Morgan fingerprint density at radius 1 is 1.57 bits per heavy atom. The molecule has 1 fully saturated rings. The number of hydrogen-bond donors (Lipinski definition) is 1. The monoisotopic (exact) mass is 204 g/mol. The lowest BCUT2D eigenvalue weighted by Crippen LogP contribution is -2.23. The van der Waals surface area contributed by atoms with Gasteiger partial charge in [0, 0.05) is 7.11 Å². The molecule has 84 valence electrons. The second-order valence-corrected chi connectivity index (χ2v) is 4.14. The van der Waals surface area contributed by atoms with Gasteiger partial charge in [0.25, 0.3) is 0 Å². The summed E-state index contributed by atoms with van der Waals surface area (Å²) in [7, 11) is 1.58. The number of aliphatic hydroxyl groups is 1. The predicted octanol–water partition coefficient (Wildman–Crippen LogP) is 0.925. The molecule has 0 amide bonds. The van der Waals surface area contributed by atoms with Crippen LogP contribution >= 0.6 is 0 Å². The minimum atomic E-state index is -0.461. The van der Waals surface area contributed by atoms with Crippen molar-refractivity contribution in [2.45, 2.75) is 44.7 Å². The third-order valence-electron chi connectivity index (χ3n) is 2.25. The Kier molecular flexibility index (Phi) is 4.31. The van der Waals surface area contributed by atoms with Crippen molar-refractivity contribution in [1.29, 1.82) is 0 Å². The van der Waals surface area contributed by atoms with E-state index >= 15 is 0 Å². The highest BCUT2D eigenvalue weighted by Crippen LogP contribution is 2.25. The van der Waals surface area contributed by atoms with Gasteiger partial charge < -0.3 is 19.3 Å². The summed E-state index contributed by atoms with van der Waals surface area (Å²) in [6.07, 6.45) is 1.22. The Bertz CT molecular complexity index is 170.